The largest absolute Gasteiger partial charge is 0.494 e. The molecule has 1 rings (SSSR count). The Morgan fingerprint density at radius 3 is 2.83 bits per heavy atom. The molecular weight excluding hydrogens is 240 g/mol. The number of nitrogens with one attached hydrogen (secondary N) is 1. The van der Waals surface area contributed by atoms with E-state index in [1.807, 2.05) is 31.2 Å². The molecule has 0 radical (unpaired) electrons. The lowest BCUT2D eigenvalue weighted by molar-refractivity contribution is -0.00340. The van der Waals surface area contributed by atoms with Gasteiger partial charge >= 0.3 is 0 Å². The smallest absolute Gasteiger partial charge is 0.265 e. The standard InChI is InChI=1S/C13H19F2NO2/c1-2-6-18-11-5-3-4-10(7-11)8-16-9-12(17)13(14)15/h3-5,7,12-13,16-17H,2,6,8-9H2,1H3. The highest BCUT2D eigenvalue weighted by Gasteiger charge is 2.15. The van der Waals surface area contributed by atoms with Crippen LogP contribution in [0.1, 0.15) is 18.9 Å². The van der Waals surface area contributed by atoms with Crippen molar-refractivity contribution < 1.29 is 18.6 Å². The predicted molar refractivity (Wildman–Crippen MR) is 65.9 cm³/mol. The molecule has 0 saturated heterocycles. The predicted octanol–water partition coefficient (Wildman–Crippen LogP) is 2.19. The first-order valence-electron chi connectivity index (χ1n) is 6.02. The number of ether oxygens (including phenoxy) is 1. The maximum absolute atomic E-state index is 12.0. The topological polar surface area (TPSA) is 41.5 Å². The summed E-state index contributed by atoms with van der Waals surface area (Å²) in [6.45, 7) is 2.98. The van der Waals surface area contributed by atoms with E-state index in [9.17, 15) is 8.78 Å². The molecule has 1 atom stereocenters. The fourth-order valence-corrected chi connectivity index (χ4v) is 1.42. The first kappa shape index (κ1) is 14.9. The molecule has 0 bridgehead atoms. The lowest BCUT2D eigenvalue weighted by Gasteiger charge is -2.11. The van der Waals surface area contributed by atoms with Crippen LogP contribution in [0.4, 0.5) is 8.78 Å². The van der Waals surface area contributed by atoms with Gasteiger partial charge in [0.25, 0.3) is 6.43 Å². The fraction of sp³-hybridized carbons (Fsp3) is 0.538. The number of hydrogen-bond donors (Lipinski definition) is 2. The summed E-state index contributed by atoms with van der Waals surface area (Å²) in [7, 11) is 0. The van der Waals surface area contributed by atoms with E-state index in [2.05, 4.69) is 5.32 Å². The third kappa shape index (κ3) is 5.42. The summed E-state index contributed by atoms with van der Waals surface area (Å²) < 4.78 is 29.6. The second kappa shape index (κ2) is 8.00. The van der Waals surface area contributed by atoms with Gasteiger partial charge in [-0.2, -0.15) is 0 Å². The number of hydrogen-bond acceptors (Lipinski definition) is 3. The number of benzene rings is 1. The third-order valence-corrected chi connectivity index (χ3v) is 2.34. The summed E-state index contributed by atoms with van der Waals surface area (Å²) >= 11 is 0. The second-order valence-corrected chi connectivity index (χ2v) is 4.03. The first-order chi connectivity index (χ1) is 8.63. The molecule has 0 heterocycles. The normalized spacial score (nSPS) is 12.7. The van der Waals surface area contributed by atoms with Crippen LogP contribution in [0.25, 0.3) is 0 Å². The molecule has 0 aliphatic carbocycles. The number of alkyl halides is 2. The zero-order valence-electron chi connectivity index (χ0n) is 10.4. The molecule has 0 fully saturated rings. The SMILES string of the molecule is CCCOc1cccc(CNCC(O)C(F)F)c1. The second-order valence-electron chi connectivity index (χ2n) is 4.03. The van der Waals surface area contributed by atoms with Gasteiger partial charge in [0.1, 0.15) is 11.9 Å². The van der Waals surface area contributed by atoms with Crippen molar-refractivity contribution in [2.45, 2.75) is 32.4 Å². The van der Waals surface area contributed by atoms with Crippen LogP contribution in [0.3, 0.4) is 0 Å². The molecule has 0 aromatic heterocycles. The van der Waals surface area contributed by atoms with Gasteiger partial charge in [-0.05, 0) is 24.1 Å². The molecule has 18 heavy (non-hydrogen) atoms. The minimum Gasteiger partial charge on any atom is -0.494 e. The van der Waals surface area contributed by atoms with E-state index < -0.39 is 12.5 Å². The fourth-order valence-electron chi connectivity index (χ4n) is 1.42. The summed E-state index contributed by atoms with van der Waals surface area (Å²) in [5, 5.41) is 11.7. The molecule has 0 spiro atoms. The number of rotatable bonds is 8. The van der Waals surface area contributed by atoms with Crippen LogP contribution in [0.2, 0.25) is 0 Å². The van der Waals surface area contributed by atoms with Crippen molar-refractivity contribution >= 4 is 0 Å². The molecule has 0 aliphatic rings. The summed E-state index contributed by atoms with van der Waals surface area (Å²) in [6.07, 6.45) is -3.40. The van der Waals surface area contributed by atoms with E-state index in [0.29, 0.717) is 13.2 Å². The Morgan fingerprint density at radius 2 is 2.17 bits per heavy atom. The van der Waals surface area contributed by atoms with Crippen molar-refractivity contribution in [3.8, 4) is 5.75 Å². The molecule has 1 aromatic rings. The van der Waals surface area contributed by atoms with Crippen LogP contribution in [0.5, 0.6) is 5.75 Å². The monoisotopic (exact) mass is 259 g/mol. The zero-order valence-corrected chi connectivity index (χ0v) is 10.4. The van der Waals surface area contributed by atoms with Gasteiger partial charge in [-0.15, -0.1) is 0 Å². The number of aliphatic hydroxyl groups is 1. The van der Waals surface area contributed by atoms with Crippen molar-refractivity contribution in [2.75, 3.05) is 13.2 Å². The van der Waals surface area contributed by atoms with E-state index in [1.165, 1.54) is 0 Å². The van der Waals surface area contributed by atoms with Crippen LogP contribution in [-0.2, 0) is 6.54 Å². The lowest BCUT2D eigenvalue weighted by atomic mass is 10.2. The molecular formula is C13H19F2NO2. The molecule has 0 amide bonds. The minimum atomic E-state index is -2.71. The van der Waals surface area contributed by atoms with E-state index in [1.54, 1.807) is 0 Å². The lowest BCUT2D eigenvalue weighted by Crippen LogP contribution is -2.31. The molecule has 1 aromatic carbocycles. The average molecular weight is 259 g/mol. The van der Waals surface area contributed by atoms with Gasteiger partial charge in [-0.1, -0.05) is 19.1 Å². The number of halogens is 2. The maximum atomic E-state index is 12.0. The third-order valence-electron chi connectivity index (χ3n) is 2.34. The highest BCUT2D eigenvalue weighted by molar-refractivity contribution is 5.28. The summed E-state index contributed by atoms with van der Waals surface area (Å²) in [5.41, 5.74) is 0.935. The van der Waals surface area contributed by atoms with Gasteiger partial charge in [0, 0.05) is 13.1 Å². The van der Waals surface area contributed by atoms with E-state index in [0.717, 1.165) is 17.7 Å². The molecule has 1 unspecified atom stereocenters. The highest BCUT2D eigenvalue weighted by atomic mass is 19.3. The van der Waals surface area contributed by atoms with Crippen molar-refractivity contribution in [1.29, 1.82) is 0 Å². The Labute approximate surface area is 106 Å². The van der Waals surface area contributed by atoms with Crippen molar-refractivity contribution in [3.63, 3.8) is 0 Å². The van der Waals surface area contributed by atoms with Gasteiger partial charge in [0.05, 0.1) is 6.61 Å². The van der Waals surface area contributed by atoms with Gasteiger partial charge < -0.3 is 15.2 Å². The molecule has 5 heteroatoms. The molecule has 2 N–H and O–H groups in total. The van der Waals surface area contributed by atoms with E-state index in [-0.39, 0.29) is 6.54 Å². The van der Waals surface area contributed by atoms with Crippen LogP contribution >= 0.6 is 0 Å². The maximum Gasteiger partial charge on any atom is 0.265 e. The molecule has 0 saturated carbocycles. The van der Waals surface area contributed by atoms with Gasteiger partial charge in [0.15, 0.2) is 0 Å². The quantitative estimate of drug-likeness (QED) is 0.752. The van der Waals surface area contributed by atoms with Crippen LogP contribution in [-0.4, -0.2) is 30.8 Å². The zero-order chi connectivity index (χ0) is 13.4. The average Bonchev–Trinajstić information content (AvgIpc) is 2.36. The summed E-state index contributed by atoms with van der Waals surface area (Å²) in [5.74, 6) is 0.769. The summed E-state index contributed by atoms with van der Waals surface area (Å²) in [4.78, 5) is 0. The Morgan fingerprint density at radius 1 is 1.39 bits per heavy atom. The van der Waals surface area contributed by atoms with Crippen molar-refractivity contribution in [3.05, 3.63) is 29.8 Å². The Bertz CT molecular complexity index is 348. The summed E-state index contributed by atoms with van der Waals surface area (Å²) in [6, 6.07) is 7.44. The molecule has 102 valence electrons. The molecule has 0 aliphatic heterocycles. The Kier molecular flexibility index (Phi) is 6.60. The van der Waals surface area contributed by atoms with Gasteiger partial charge in [-0.25, -0.2) is 8.78 Å². The van der Waals surface area contributed by atoms with Crippen LogP contribution in [0.15, 0.2) is 24.3 Å². The molecule has 3 nitrogen and oxygen atoms in total. The van der Waals surface area contributed by atoms with Crippen LogP contribution in [0, 0.1) is 0 Å². The van der Waals surface area contributed by atoms with Crippen LogP contribution < -0.4 is 10.1 Å². The van der Waals surface area contributed by atoms with Gasteiger partial charge in [-0.3, -0.25) is 0 Å². The van der Waals surface area contributed by atoms with Crippen molar-refractivity contribution in [2.24, 2.45) is 0 Å². The van der Waals surface area contributed by atoms with Crippen molar-refractivity contribution in [1.82, 2.24) is 5.32 Å². The number of aliphatic hydroxyl groups excluding tert-OH is 1. The Hall–Kier alpha value is -1.20. The highest BCUT2D eigenvalue weighted by Crippen LogP contribution is 2.13. The Balaban J connectivity index is 2.37. The minimum absolute atomic E-state index is 0.127. The van der Waals surface area contributed by atoms with Gasteiger partial charge in [0.2, 0.25) is 0 Å². The first-order valence-corrected chi connectivity index (χ1v) is 6.02. The van der Waals surface area contributed by atoms with E-state index in [4.69, 9.17) is 9.84 Å². The van der Waals surface area contributed by atoms with E-state index >= 15 is 0 Å².